The van der Waals surface area contributed by atoms with Crippen LogP contribution in [0.15, 0.2) is 62.6 Å². The summed E-state index contributed by atoms with van der Waals surface area (Å²) in [6.45, 7) is 0. The third kappa shape index (κ3) is 3.49. The zero-order valence-corrected chi connectivity index (χ0v) is 14.1. The SMILES string of the molecule is NC(=O)c1ccc(Cl)c(NS(=O)(=O)c2ccc3oc(=O)ccc3c2)c1. The Morgan fingerprint density at radius 2 is 1.84 bits per heavy atom. The summed E-state index contributed by atoms with van der Waals surface area (Å²) in [4.78, 5) is 22.4. The number of benzene rings is 2. The van der Waals surface area contributed by atoms with Gasteiger partial charge in [0.25, 0.3) is 10.0 Å². The van der Waals surface area contributed by atoms with Gasteiger partial charge in [-0.2, -0.15) is 0 Å². The maximum atomic E-state index is 12.6. The van der Waals surface area contributed by atoms with E-state index in [0.717, 1.165) is 0 Å². The Hall–Kier alpha value is -2.84. The Balaban J connectivity index is 2.02. The molecule has 0 aliphatic rings. The highest BCUT2D eigenvalue weighted by molar-refractivity contribution is 7.92. The summed E-state index contributed by atoms with van der Waals surface area (Å²) in [5.41, 5.74) is 5.06. The standard InChI is InChI=1S/C16H11ClN2O5S/c17-12-4-1-10(16(18)21)8-13(12)19-25(22,23)11-3-5-14-9(7-11)2-6-15(20)24-14/h1-8,19H,(H2,18,21). The van der Waals surface area contributed by atoms with Crippen LogP contribution in [0.25, 0.3) is 11.0 Å². The molecule has 3 rings (SSSR count). The van der Waals surface area contributed by atoms with Crippen LogP contribution < -0.4 is 16.1 Å². The van der Waals surface area contributed by atoms with E-state index in [1.807, 2.05) is 0 Å². The average Bonchev–Trinajstić information content (AvgIpc) is 2.55. The Kier molecular flexibility index (Phi) is 4.23. The van der Waals surface area contributed by atoms with Gasteiger partial charge in [0.05, 0.1) is 15.6 Å². The lowest BCUT2D eigenvalue weighted by molar-refractivity contribution is 0.100. The van der Waals surface area contributed by atoms with Crippen molar-refractivity contribution in [3.8, 4) is 0 Å². The summed E-state index contributed by atoms with van der Waals surface area (Å²) in [5, 5.41) is 0.555. The van der Waals surface area contributed by atoms with Crippen LogP contribution in [0.3, 0.4) is 0 Å². The number of nitrogens with one attached hydrogen (secondary N) is 1. The zero-order chi connectivity index (χ0) is 18.2. The topological polar surface area (TPSA) is 119 Å². The monoisotopic (exact) mass is 378 g/mol. The van der Waals surface area contributed by atoms with E-state index in [-0.39, 0.29) is 26.8 Å². The lowest BCUT2D eigenvalue weighted by atomic mass is 10.2. The predicted molar refractivity (Wildman–Crippen MR) is 93.3 cm³/mol. The van der Waals surface area contributed by atoms with Crippen molar-refractivity contribution in [2.75, 3.05) is 4.72 Å². The van der Waals surface area contributed by atoms with E-state index in [1.54, 1.807) is 0 Å². The molecule has 0 radical (unpaired) electrons. The van der Waals surface area contributed by atoms with Gasteiger partial charge in [0.15, 0.2) is 0 Å². The molecule has 1 amide bonds. The van der Waals surface area contributed by atoms with E-state index < -0.39 is 21.6 Å². The highest BCUT2D eigenvalue weighted by Crippen LogP contribution is 2.27. The Labute approximate surface area is 147 Å². The number of fused-ring (bicyclic) bond motifs is 1. The van der Waals surface area contributed by atoms with E-state index in [2.05, 4.69) is 4.72 Å². The van der Waals surface area contributed by atoms with Crippen LogP contribution in [-0.2, 0) is 10.0 Å². The van der Waals surface area contributed by atoms with Crippen molar-refractivity contribution in [2.24, 2.45) is 5.73 Å². The molecular formula is C16H11ClN2O5S. The quantitative estimate of drug-likeness (QED) is 0.675. The molecule has 3 aromatic rings. The number of sulfonamides is 1. The van der Waals surface area contributed by atoms with Gasteiger partial charge >= 0.3 is 5.63 Å². The van der Waals surface area contributed by atoms with Gasteiger partial charge in [0, 0.05) is 17.0 Å². The number of halogens is 1. The third-order valence-electron chi connectivity index (χ3n) is 3.40. The normalized spacial score (nSPS) is 11.4. The molecule has 3 N–H and O–H groups in total. The number of hydrogen-bond donors (Lipinski definition) is 2. The molecule has 0 fully saturated rings. The number of anilines is 1. The number of carbonyl (C=O) groups excluding carboxylic acids is 1. The van der Waals surface area contributed by atoms with Gasteiger partial charge in [-0.25, -0.2) is 13.2 Å². The molecule has 0 atom stereocenters. The molecule has 2 aromatic carbocycles. The lowest BCUT2D eigenvalue weighted by Crippen LogP contribution is -2.15. The fraction of sp³-hybridized carbons (Fsp3) is 0. The van der Waals surface area contributed by atoms with Crippen molar-refractivity contribution >= 4 is 44.2 Å². The van der Waals surface area contributed by atoms with Crippen molar-refractivity contribution < 1.29 is 17.6 Å². The van der Waals surface area contributed by atoms with Crippen LogP contribution in [0.1, 0.15) is 10.4 Å². The van der Waals surface area contributed by atoms with Crippen molar-refractivity contribution in [3.63, 3.8) is 0 Å². The molecule has 128 valence electrons. The molecule has 7 nitrogen and oxygen atoms in total. The molecular weight excluding hydrogens is 368 g/mol. The summed E-state index contributed by atoms with van der Waals surface area (Å²) in [7, 11) is -3.99. The van der Waals surface area contributed by atoms with E-state index >= 15 is 0 Å². The molecule has 9 heteroatoms. The molecule has 0 bridgehead atoms. The van der Waals surface area contributed by atoms with Gasteiger partial charge in [-0.1, -0.05) is 11.6 Å². The maximum absolute atomic E-state index is 12.6. The minimum atomic E-state index is -3.99. The van der Waals surface area contributed by atoms with Gasteiger partial charge < -0.3 is 10.2 Å². The van der Waals surface area contributed by atoms with Crippen LogP contribution in [-0.4, -0.2) is 14.3 Å². The first-order valence-electron chi connectivity index (χ1n) is 6.92. The largest absolute Gasteiger partial charge is 0.423 e. The van der Waals surface area contributed by atoms with E-state index in [1.165, 1.54) is 48.5 Å². The van der Waals surface area contributed by atoms with Crippen molar-refractivity contribution in [1.82, 2.24) is 0 Å². The second kappa shape index (κ2) is 6.23. The van der Waals surface area contributed by atoms with Crippen LogP contribution in [0.2, 0.25) is 5.02 Å². The average molecular weight is 379 g/mol. The van der Waals surface area contributed by atoms with Crippen molar-refractivity contribution in [3.05, 3.63) is 69.5 Å². The lowest BCUT2D eigenvalue weighted by Gasteiger charge is -2.11. The summed E-state index contributed by atoms with van der Waals surface area (Å²) in [5.74, 6) is -0.710. The fourth-order valence-electron chi connectivity index (χ4n) is 2.18. The minimum Gasteiger partial charge on any atom is -0.423 e. The zero-order valence-electron chi connectivity index (χ0n) is 12.5. The first-order valence-corrected chi connectivity index (χ1v) is 8.78. The number of nitrogens with two attached hydrogens (primary N) is 1. The summed E-state index contributed by atoms with van der Waals surface area (Å²) in [6, 6.07) is 10.7. The van der Waals surface area contributed by atoms with Gasteiger partial charge in [0.2, 0.25) is 5.91 Å². The summed E-state index contributed by atoms with van der Waals surface area (Å²) >= 11 is 5.98. The van der Waals surface area contributed by atoms with E-state index in [9.17, 15) is 18.0 Å². The number of hydrogen-bond acceptors (Lipinski definition) is 5. The van der Waals surface area contributed by atoms with E-state index in [0.29, 0.717) is 5.39 Å². The second-order valence-electron chi connectivity index (χ2n) is 5.12. The molecule has 1 heterocycles. The third-order valence-corrected chi connectivity index (χ3v) is 5.09. The Morgan fingerprint density at radius 1 is 1.08 bits per heavy atom. The molecule has 0 saturated heterocycles. The summed E-state index contributed by atoms with van der Waals surface area (Å²) in [6.07, 6.45) is 0. The van der Waals surface area contributed by atoms with Crippen LogP contribution >= 0.6 is 11.6 Å². The number of rotatable bonds is 4. The molecule has 0 saturated carbocycles. The Morgan fingerprint density at radius 3 is 2.56 bits per heavy atom. The highest BCUT2D eigenvalue weighted by Gasteiger charge is 2.17. The number of primary amides is 1. The first kappa shape index (κ1) is 17.0. The number of amides is 1. The smallest absolute Gasteiger partial charge is 0.336 e. The van der Waals surface area contributed by atoms with Gasteiger partial charge in [-0.3, -0.25) is 9.52 Å². The summed E-state index contributed by atoms with van der Waals surface area (Å²) < 4.78 is 32.4. The van der Waals surface area contributed by atoms with Gasteiger partial charge in [-0.15, -0.1) is 0 Å². The molecule has 25 heavy (non-hydrogen) atoms. The molecule has 0 aliphatic carbocycles. The Bertz CT molecular complexity index is 1150. The van der Waals surface area contributed by atoms with Gasteiger partial charge in [-0.05, 0) is 42.5 Å². The molecule has 0 spiro atoms. The van der Waals surface area contributed by atoms with Gasteiger partial charge in [0.1, 0.15) is 5.58 Å². The van der Waals surface area contributed by atoms with Crippen LogP contribution in [0.4, 0.5) is 5.69 Å². The molecule has 0 unspecified atom stereocenters. The van der Waals surface area contributed by atoms with Crippen LogP contribution in [0.5, 0.6) is 0 Å². The minimum absolute atomic E-state index is 0.0256. The predicted octanol–water partition coefficient (Wildman–Crippen LogP) is 2.35. The second-order valence-corrected chi connectivity index (χ2v) is 7.21. The molecule has 0 aliphatic heterocycles. The molecule has 1 aromatic heterocycles. The van der Waals surface area contributed by atoms with E-state index in [4.69, 9.17) is 21.8 Å². The number of carbonyl (C=O) groups is 1. The fourth-order valence-corrected chi connectivity index (χ4v) is 3.50. The first-order chi connectivity index (χ1) is 11.8. The van der Waals surface area contributed by atoms with Crippen LogP contribution in [0, 0.1) is 0 Å². The maximum Gasteiger partial charge on any atom is 0.336 e. The van der Waals surface area contributed by atoms with Crippen molar-refractivity contribution in [2.45, 2.75) is 4.90 Å². The highest BCUT2D eigenvalue weighted by atomic mass is 35.5. The van der Waals surface area contributed by atoms with Crippen molar-refractivity contribution in [1.29, 1.82) is 0 Å².